The Morgan fingerprint density at radius 1 is 1.09 bits per heavy atom. The molecule has 1 fully saturated rings. The van der Waals surface area contributed by atoms with E-state index >= 15 is 0 Å². The summed E-state index contributed by atoms with van der Waals surface area (Å²) in [6, 6.07) is 14.3. The van der Waals surface area contributed by atoms with Gasteiger partial charge in [-0.05, 0) is 49.2 Å². The van der Waals surface area contributed by atoms with Crippen LogP contribution in [0.4, 0.5) is 5.69 Å². The van der Waals surface area contributed by atoms with E-state index in [9.17, 15) is 13.2 Å². The van der Waals surface area contributed by atoms with Gasteiger partial charge in [0.2, 0.25) is 15.9 Å². The number of amides is 1. The average Bonchev–Trinajstić information content (AvgIpc) is 3.33. The number of anilines is 1. The van der Waals surface area contributed by atoms with Crippen LogP contribution in [0.15, 0.2) is 71.9 Å². The summed E-state index contributed by atoms with van der Waals surface area (Å²) in [6.07, 6.45) is 9.21. The number of ether oxygens (including phenoxy) is 1. The normalized spacial score (nSPS) is 14.9. The van der Waals surface area contributed by atoms with Gasteiger partial charge in [0.05, 0.1) is 19.0 Å². The molecule has 8 nitrogen and oxygen atoms in total. The van der Waals surface area contributed by atoms with Crippen molar-refractivity contribution >= 4 is 27.7 Å². The first-order chi connectivity index (χ1) is 16.0. The molecule has 0 bridgehead atoms. The third-order valence-corrected chi connectivity index (χ3v) is 7.33. The molecule has 172 valence electrons. The molecule has 0 saturated carbocycles. The highest BCUT2D eigenvalue weighted by Crippen LogP contribution is 2.31. The summed E-state index contributed by atoms with van der Waals surface area (Å²) in [5.41, 5.74) is 2.06. The SMILES string of the molecule is COc1ccc(NC(=O)/C=C/c2cnn(-c3ccccc3)c2)cc1S(=O)(=O)N1CCCCC1. The lowest BCUT2D eigenvalue weighted by Gasteiger charge is -2.26. The fraction of sp³-hybridized carbons (Fsp3) is 0.250. The first kappa shape index (κ1) is 22.8. The van der Waals surface area contributed by atoms with Crippen molar-refractivity contribution < 1.29 is 17.9 Å². The molecule has 0 radical (unpaired) electrons. The summed E-state index contributed by atoms with van der Waals surface area (Å²) in [5, 5.41) is 7.02. The van der Waals surface area contributed by atoms with E-state index in [-0.39, 0.29) is 16.6 Å². The molecule has 0 aliphatic carbocycles. The number of nitrogens with zero attached hydrogens (tertiary/aromatic N) is 3. The number of hydrogen-bond donors (Lipinski definition) is 1. The molecule has 1 aliphatic heterocycles. The van der Waals surface area contributed by atoms with E-state index in [1.54, 1.807) is 29.1 Å². The van der Waals surface area contributed by atoms with Crippen LogP contribution in [-0.2, 0) is 14.8 Å². The van der Waals surface area contributed by atoms with Gasteiger partial charge in [-0.1, -0.05) is 24.6 Å². The largest absolute Gasteiger partial charge is 0.495 e. The summed E-state index contributed by atoms with van der Waals surface area (Å²) >= 11 is 0. The maximum atomic E-state index is 13.1. The number of aromatic nitrogens is 2. The summed E-state index contributed by atoms with van der Waals surface area (Å²) in [5.74, 6) is -0.128. The molecule has 1 N–H and O–H groups in total. The van der Waals surface area contributed by atoms with Gasteiger partial charge in [-0.25, -0.2) is 13.1 Å². The Morgan fingerprint density at radius 2 is 1.85 bits per heavy atom. The van der Waals surface area contributed by atoms with Crippen LogP contribution >= 0.6 is 0 Å². The highest BCUT2D eigenvalue weighted by molar-refractivity contribution is 7.89. The number of para-hydroxylation sites is 1. The van der Waals surface area contributed by atoms with Crippen molar-refractivity contribution in [2.45, 2.75) is 24.2 Å². The van der Waals surface area contributed by atoms with E-state index in [0.717, 1.165) is 30.5 Å². The Bertz CT molecular complexity index is 1250. The highest BCUT2D eigenvalue weighted by Gasteiger charge is 2.29. The molecule has 0 unspecified atom stereocenters. The second-order valence-corrected chi connectivity index (χ2v) is 9.61. The molecular formula is C24H26N4O4S. The van der Waals surface area contributed by atoms with E-state index in [1.165, 1.54) is 23.6 Å². The summed E-state index contributed by atoms with van der Waals surface area (Å²) in [4.78, 5) is 12.5. The molecule has 1 saturated heterocycles. The molecule has 33 heavy (non-hydrogen) atoms. The van der Waals surface area contributed by atoms with Gasteiger partial charge < -0.3 is 10.1 Å². The molecule has 1 aromatic heterocycles. The topological polar surface area (TPSA) is 93.5 Å². The zero-order valence-electron chi connectivity index (χ0n) is 18.3. The van der Waals surface area contributed by atoms with E-state index in [2.05, 4.69) is 10.4 Å². The van der Waals surface area contributed by atoms with Gasteiger partial charge >= 0.3 is 0 Å². The van der Waals surface area contributed by atoms with E-state index in [0.29, 0.717) is 18.8 Å². The van der Waals surface area contributed by atoms with E-state index < -0.39 is 10.0 Å². The average molecular weight is 467 g/mol. The fourth-order valence-electron chi connectivity index (χ4n) is 3.70. The van der Waals surface area contributed by atoms with E-state index in [4.69, 9.17) is 4.74 Å². The first-order valence-corrected chi connectivity index (χ1v) is 12.2. The van der Waals surface area contributed by atoms with Crippen molar-refractivity contribution in [3.8, 4) is 11.4 Å². The van der Waals surface area contributed by atoms with Gasteiger partial charge in [0, 0.05) is 36.6 Å². The number of carbonyl (C=O) groups is 1. The number of nitrogens with one attached hydrogen (secondary N) is 1. The Morgan fingerprint density at radius 3 is 2.58 bits per heavy atom. The molecule has 1 amide bonds. The lowest BCUT2D eigenvalue weighted by Crippen LogP contribution is -2.35. The minimum Gasteiger partial charge on any atom is -0.495 e. The van der Waals surface area contributed by atoms with Crippen LogP contribution in [0.1, 0.15) is 24.8 Å². The van der Waals surface area contributed by atoms with Crippen molar-refractivity contribution in [2.75, 3.05) is 25.5 Å². The molecule has 0 spiro atoms. The van der Waals surface area contributed by atoms with Crippen LogP contribution in [0.25, 0.3) is 11.8 Å². The molecule has 1 aliphatic rings. The van der Waals surface area contributed by atoms with Crippen LogP contribution in [0.3, 0.4) is 0 Å². The number of carbonyl (C=O) groups excluding carboxylic acids is 1. The summed E-state index contributed by atoms with van der Waals surface area (Å²) < 4.78 is 34.8. The van der Waals surface area contributed by atoms with Gasteiger partial charge in [-0.2, -0.15) is 9.40 Å². The fourth-order valence-corrected chi connectivity index (χ4v) is 5.40. The zero-order valence-corrected chi connectivity index (χ0v) is 19.2. The quantitative estimate of drug-likeness (QED) is 0.536. The molecule has 2 aromatic carbocycles. The van der Waals surface area contributed by atoms with Gasteiger partial charge in [-0.15, -0.1) is 0 Å². The third kappa shape index (κ3) is 5.32. The molecule has 4 rings (SSSR count). The van der Waals surface area contributed by atoms with Crippen molar-refractivity contribution in [3.63, 3.8) is 0 Å². The molecule has 3 aromatic rings. The van der Waals surface area contributed by atoms with Crippen LogP contribution in [0.5, 0.6) is 5.75 Å². The lowest BCUT2D eigenvalue weighted by atomic mass is 10.2. The number of piperidine rings is 1. The van der Waals surface area contributed by atoms with Crippen molar-refractivity contribution in [1.82, 2.24) is 14.1 Å². The number of hydrogen-bond acceptors (Lipinski definition) is 5. The highest BCUT2D eigenvalue weighted by atomic mass is 32.2. The lowest BCUT2D eigenvalue weighted by molar-refractivity contribution is -0.111. The maximum absolute atomic E-state index is 13.1. The van der Waals surface area contributed by atoms with Crippen LogP contribution in [0, 0.1) is 0 Å². The number of sulfonamides is 1. The number of benzene rings is 2. The predicted octanol–water partition coefficient (Wildman–Crippen LogP) is 3.71. The monoisotopic (exact) mass is 466 g/mol. The first-order valence-electron chi connectivity index (χ1n) is 10.7. The van der Waals surface area contributed by atoms with Crippen LogP contribution < -0.4 is 10.1 Å². The van der Waals surface area contributed by atoms with Gasteiger partial charge in [-0.3, -0.25) is 4.79 Å². The number of methoxy groups -OCH3 is 1. The predicted molar refractivity (Wildman–Crippen MR) is 127 cm³/mol. The van der Waals surface area contributed by atoms with Gasteiger partial charge in [0.25, 0.3) is 0 Å². The van der Waals surface area contributed by atoms with Crippen molar-refractivity contribution in [2.24, 2.45) is 0 Å². The Labute approximate surface area is 193 Å². The minimum absolute atomic E-state index is 0.0535. The van der Waals surface area contributed by atoms with Crippen LogP contribution in [-0.4, -0.2) is 48.6 Å². The van der Waals surface area contributed by atoms with Crippen LogP contribution in [0.2, 0.25) is 0 Å². The van der Waals surface area contributed by atoms with E-state index in [1.807, 2.05) is 36.5 Å². The standard InChI is InChI=1S/C24H26N4O4S/c1-32-22-12-11-20(16-23(22)33(30,31)27-14-6-3-7-15-27)26-24(29)13-10-19-17-25-28(18-19)21-8-4-2-5-9-21/h2,4-5,8-13,16-18H,3,6-7,14-15H2,1H3,(H,26,29)/b13-10+. The zero-order chi connectivity index (χ0) is 23.3. The smallest absolute Gasteiger partial charge is 0.248 e. The van der Waals surface area contributed by atoms with Crippen molar-refractivity contribution in [3.05, 3.63) is 72.6 Å². The van der Waals surface area contributed by atoms with Crippen molar-refractivity contribution in [1.29, 1.82) is 0 Å². The molecular weight excluding hydrogens is 440 g/mol. The molecule has 0 atom stereocenters. The second-order valence-electron chi connectivity index (χ2n) is 7.71. The molecule has 9 heteroatoms. The van der Waals surface area contributed by atoms with Gasteiger partial charge in [0.15, 0.2) is 0 Å². The molecule has 2 heterocycles. The maximum Gasteiger partial charge on any atom is 0.248 e. The minimum atomic E-state index is -3.71. The summed E-state index contributed by atoms with van der Waals surface area (Å²) in [7, 11) is -2.28. The summed E-state index contributed by atoms with van der Waals surface area (Å²) in [6.45, 7) is 0.975. The Balaban J connectivity index is 1.48. The number of rotatable bonds is 7. The Kier molecular flexibility index (Phi) is 6.90. The third-order valence-electron chi connectivity index (χ3n) is 5.41. The van der Waals surface area contributed by atoms with Gasteiger partial charge in [0.1, 0.15) is 10.6 Å². The Hall–Kier alpha value is -3.43. The second kappa shape index (κ2) is 10.0.